The van der Waals surface area contributed by atoms with Gasteiger partial charge in [-0.3, -0.25) is 9.52 Å². The predicted octanol–water partition coefficient (Wildman–Crippen LogP) is 4.74. The third kappa shape index (κ3) is 6.32. The molecule has 0 bridgehead atoms. The highest BCUT2D eigenvalue weighted by Crippen LogP contribution is 2.27. The average molecular weight is 502 g/mol. The van der Waals surface area contributed by atoms with Gasteiger partial charge >= 0.3 is 0 Å². The van der Waals surface area contributed by atoms with Crippen molar-refractivity contribution in [1.29, 1.82) is 0 Å². The summed E-state index contributed by atoms with van der Waals surface area (Å²) in [6.45, 7) is 0.626. The van der Waals surface area contributed by atoms with E-state index in [0.29, 0.717) is 34.3 Å². The smallest absolute Gasteiger partial charge is 0.261 e. The zero-order valence-corrected chi connectivity index (χ0v) is 20.5. The van der Waals surface area contributed by atoms with Crippen LogP contribution in [0.4, 0.5) is 5.69 Å². The van der Waals surface area contributed by atoms with Crippen molar-refractivity contribution in [1.82, 2.24) is 10.3 Å². The minimum atomic E-state index is -3.81. The molecule has 0 aliphatic heterocycles. The highest BCUT2D eigenvalue weighted by Gasteiger charge is 2.17. The second kappa shape index (κ2) is 11.0. The fourth-order valence-electron chi connectivity index (χ4n) is 3.66. The number of allylic oxidation sites excluding steroid dienone is 1. The van der Waals surface area contributed by atoms with E-state index in [1.54, 1.807) is 37.4 Å². The number of amides is 1. The maximum Gasteiger partial charge on any atom is 0.261 e. The third-order valence-corrected chi connectivity index (χ3v) is 7.68. The molecule has 10 heteroatoms. The summed E-state index contributed by atoms with van der Waals surface area (Å²) in [5.74, 6) is 0.721. The van der Waals surface area contributed by atoms with Gasteiger partial charge in [0.15, 0.2) is 5.58 Å². The minimum absolute atomic E-state index is 0.0652. The molecule has 0 fully saturated rings. The molecule has 0 atom stereocenters. The van der Waals surface area contributed by atoms with Crippen LogP contribution in [-0.4, -0.2) is 38.7 Å². The SMILES string of the molecule is COc1ccc(NS(=O)(=O)c2ccc3oc(SCC(=O)NCCC4=CCCCC4)nc3c2)cc1. The van der Waals surface area contributed by atoms with E-state index in [0.717, 1.165) is 19.3 Å². The van der Waals surface area contributed by atoms with Crippen LogP contribution in [0.2, 0.25) is 0 Å². The summed E-state index contributed by atoms with van der Waals surface area (Å²) in [7, 11) is -2.27. The van der Waals surface area contributed by atoms with E-state index in [4.69, 9.17) is 9.15 Å². The van der Waals surface area contributed by atoms with E-state index in [9.17, 15) is 13.2 Å². The maximum absolute atomic E-state index is 12.8. The Kier molecular flexibility index (Phi) is 7.79. The van der Waals surface area contributed by atoms with E-state index >= 15 is 0 Å². The monoisotopic (exact) mass is 501 g/mol. The maximum atomic E-state index is 12.8. The summed E-state index contributed by atoms with van der Waals surface area (Å²) in [5.41, 5.74) is 2.70. The normalized spacial score (nSPS) is 14.0. The zero-order chi connectivity index (χ0) is 24.0. The topological polar surface area (TPSA) is 111 Å². The lowest BCUT2D eigenvalue weighted by Gasteiger charge is -2.12. The van der Waals surface area contributed by atoms with Crippen LogP contribution in [0.3, 0.4) is 0 Å². The number of methoxy groups -OCH3 is 1. The molecule has 0 saturated carbocycles. The van der Waals surface area contributed by atoms with Gasteiger partial charge in [0.25, 0.3) is 15.2 Å². The number of hydrogen-bond donors (Lipinski definition) is 2. The first-order chi connectivity index (χ1) is 16.4. The van der Waals surface area contributed by atoms with Gasteiger partial charge in [0.2, 0.25) is 5.91 Å². The fourth-order valence-corrected chi connectivity index (χ4v) is 5.41. The van der Waals surface area contributed by atoms with Gasteiger partial charge in [-0.2, -0.15) is 0 Å². The molecule has 0 radical (unpaired) electrons. The number of thioether (sulfide) groups is 1. The van der Waals surface area contributed by atoms with Crippen LogP contribution in [0.25, 0.3) is 11.1 Å². The van der Waals surface area contributed by atoms with Crippen LogP contribution in [-0.2, 0) is 14.8 Å². The number of hydrogen-bond acceptors (Lipinski definition) is 7. The second-order valence-corrected chi connectivity index (χ2v) is 10.5. The lowest BCUT2D eigenvalue weighted by atomic mass is 9.97. The number of rotatable bonds is 10. The van der Waals surface area contributed by atoms with Crippen molar-refractivity contribution in [3.05, 3.63) is 54.1 Å². The minimum Gasteiger partial charge on any atom is -0.497 e. The second-order valence-electron chi connectivity index (χ2n) is 7.94. The Morgan fingerprint density at radius 2 is 2.00 bits per heavy atom. The molecule has 1 aliphatic carbocycles. The quantitative estimate of drug-likeness (QED) is 0.305. The fraction of sp³-hybridized carbons (Fsp3) is 0.333. The molecular weight excluding hydrogens is 474 g/mol. The number of nitrogens with one attached hydrogen (secondary N) is 2. The first-order valence-electron chi connectivity index (χ1n) is 11.1. The Bertz CT molecular complexity index is 1280. The Hall–Kier alpha value is -2.98. The summed E-state index contributed by atoms with van der Waals surface area (Å²) < 4.78 is 38.8. The van der Waals surface area contributed by atoms with E-state index < -0.39 is 10.0 Å². The number of sulfonamides is 1. The molecule has 0 saturated heterocycles. The largest absolute Gasteiger partial charge is 0.497 e. The van der Waals surface area contributed by atoms with Gasteiger partial charge in [-0.05, 0) is 74.6 Å². The Morgan fingerprint density at radius 3 is 2.74 bits per heavy atom. The molecule has 180 valence electrons. The number of fused-ring (bicyclic) bond motifs is 1. The molecule has 0 spiro atoms. The number of aromatic nitrogens is 1. The number of carbonyl (C=O) groups is 1. The van der Waals surface area contributed by atoms with Crippen molar-refractivity contribution in [3.63, 3.8) is 0 Å². The van der Waals surface area contributed by atoms with Crippen LogP contribution in [0.5, 0.6) is 5.75 Å². The van der Waals surface area contributed by atoms with Crippen LogP contribution in [0, 0.1) is 0 Å². The summed E-state index contributed by atoms with van der Waals surface area (Å²) >= 11 is 1.18. The molecule has 3 aromatic rings. The van der Waals surface area contributed by atoms with Crippen LogP contribution < -0.4 is 14.8 Å². The average Bonchev–Trinajstić information content (AvgIpc) is 3.26. The van der Waals surface area contributed by atoms with E-state index in [1.807, 2.05) is 0 Å². The Morgan fingerprint density at radius 1 is 1.18 bits per heavy atom. The van der Waals surface area contributed by atoms with Crippen molar-refractivity contribution in [2.24, 2.45) is 0 Å². The number of benzene rings is 2. The Labute approximate surface area is 203 Å². The van der Waals surface area contributed by atoms with E-state index in [1.165, 1.54) is 42.3 Å². The molecule has 0 unspecified atom stereocenters. The Balaban J connectivity index is 1.33. The molecule has 2 N–H and O–H groups in total. The van der Waals surface area contributed by atoms with Crippen LogP contribution >= 0.6 is 11.8 Å². The molecule has 1 aromatic heterocycles. The first-order valence-corrected chi connectivity index (χ1v) is 13.5. The molecule has 4 rings (SSSR count). The van der Waals surface area contributed by atoms with Crippen LogP contribution in [0.15, 0.2) is 68.6 Å². The number of carbonyl (C=O) groups excluding carboxylic acids is 1. The molecule has 8 nitrogen and oxygen atoms in total. The summed E-state index contributed by atoms with van der Waals surface area (Å²) in [4.78, 5) is 16.6. The van der Waals surface area contributed by atoms with Crippen molar-refractivity contribution in [2.75, 3.05) is 24.1 Å². The van der Waals surface area contributed by atoms with Crippen molar-refractivity contribution < 1.29 is 22.4 Å². The molecule has 1 heterocycles. The zero-order valence-electron chi connectivity index (χ0n) is 18.9. The van der Waals surface area contributed by atoms with E-state index in [-0.39, 0.29) is 16.6 Å². The molecule has 1 amide bonds. The first kappa shape index (κ1) is 24.2. The van der Waals surface area contributed by atoms with Crippen molar-refractivity contribution >= 4 is 44.5 Å². The van der Waals surface area contributed by atoms with Gasteiger partial charge in [-0.25, -0.2) is 13.4 Å². The predicted molar refractivity (Wildman–Crippen MR) is 133 cm³/mol. The number of ether oxygens (including phenoxy) is 1. The number of anilines is 1. The summed E-state index contributed by atoms with van der Waals surface area (Å²) in [5, 5.41) is 3.25. The summed E-state index contributed by atoms with van der Waals surface area (Å²) in [6.07, 6.45) is 7.92. The number of oxazole rings is 1. The highest BCUT2D eigenvalue weighted by molar-refractivity contribution is 7.99. The lowest BCUT2D eigenvalue weighted by Crippen LogP contribution is -2.26. The summed E-state index contributed by atoms with van der Waals surface area (Å²) in [6, 6.07) is 11.1. The highest BCUT2D eigenvalue weighted by atomic mass is 32.2. The van der Waals surface area contributed by atoms with Gasteiger partial charge in [-0.1, -0.05) is 23.4 Å². The van der Waals surface area contributed by atoms with Gasteiger partial charge in [0.1, 0.15) is 11.3 Å². The molecular formula is C24H27N3O5S2. The van der Waals surface area contributed by atoms with Crippen molar-refractivity contribution in [3.8, 4) is 5.75 Å². The molecule has 1 aliphatic rings. The van der Waals surface area contributed by atoms with Gasteiger partial charge < -0.3 is 14.5 Å². The van der Waals surface area contributed by atoms with Gasteiger partial charge in [0.05, 0.1) is 17.8 Å². The lowest BCUT2D eigenvalue weighted by molar-refractivity contribution is -0.118. The van der Waals surface area contributed by atoms with E-state index in [2.05, 4.69) is 21.1 Å². The van der Waals surface area contributed by atoms with Crippen LogP contribution in [0.1, 0.15) is 32.1 Å². The van der Waals surface area contributed by atoms with Gasteiger partial charge in [-0.15, -0.1) is 0 Å². The third-order valence-electron chi connectivity index (χ3n) is 5.47. The van der Waals surface area contributed by atoms with Gasteiger partial charge in [0, 0.05) is 12.2 Å². The molecule has 2 aromatic carbocycles. The van der Waals surface area contributed by atoms with Crippen molar-refractivity contribution in [2.45, 2.75) is 42.2 Å². The number of nitrogens with zero attached hydrogens (tertiary/aromatic N) is 1. The standard InChI is InChI=1S/C24H27N3O5S2/c1-31-19-9-7-18(8-10-19)27-34(29,30)20-11-12-22-21(15-20)26-24(32-22)33-16-23(28)25-14-13-17-5-3-2-4-6-17/h5,7-12,15,27H,2-4,6,13-14,16H2,1H3,(H,25,28). The molecule has 34 heavy (non-hydrogen) atoms.